The Morgan fingerprint density at radius 1 is 0.893 bits per heavy atom. The van der Waals surface area contributed by atoms with E-state index in [0.717, 1.165) is 23.7 Å². The summed E-state index contributed by atoms with van der Waals surface area (Å²) in [6.45, 7) is 8.53. The average molecular weight is 386 g/mol. The second-order valence-corrected chi connectivity index (χ2v) is 5.59. The van der Waals surface area contributed by atoms with E-state index in [1.54, 1.807) is 19.4 Å². The molecule has 0 aliphatic heterocycles. The maximum atomic E-state index is 5.68. The lowest BCUT2D eigenvalue weighted by atomic mass is 10.3. The molecule has 1 unspecified atom stereocenters. The monoisotopic (exact) mass is 385 g/mol. The molecule has 0 bridgehead atoms. The van der Waals surface area contributed by atoms with Crippen LogP contribution in [-0.4, -0.2) is 18.4 Å². The van der Waals surface area contributed by atoms with E-state index in [4.69, 9.17) is 18.7 Å². The van der Waals surface area contributed by atoms with Gasteiger partial charge < -0.3 is 18.7 Å². The summed E-state index contributed by atoms with van der Waals surface area (Å²) in [6, 6.07) is 19.0. The van der Waals surface area contributed by atoms with Crippen molar-refractivity contribution in [2.75, 3.05) is 7.11 Å². The minimum Gasteiger partial charge on any atom is -0.497 e. The fraction of sp³-hybridized carbons (Fsp3) is 0.348. The molecule has 0 radical (unpaired) electrons. The first-order valence-electron chi connectivity index (χ1n) is 9.59. The molecule has 0 spiro atoms. The van der Waals surface area contributed by atoms with Crippen LogP contribution in [0.25, 0.3) is 0 Å². The van der Waals surface area contributed by atoms with E-state index in [2.05, 4.69) is 12.1 Å². The molecule has 1 atom stereocenters. The smallest absolute Gasteiger partial charge is 0.174 e. The normalized spacial score (nSPS) is 10.5. The van der Waals surface area contributed by atoms with Gasteiger partial charge >= 0.3 is 0 Å². The molecule has 0 amide bonds. The van der Waals surface area contributed by atoms with Gasteiger partial charge in [0.2, 0.25) is 0 Å². The van der Waals surface area contributed by atoms with Crippen LogP contribution in [-0.2, 0) is 6.61 Å². The van der Waals surface area contributed by atoms with E-state index in [1.165, 1.54) is 0 Å². The largest absolute Gasteiger partial charge is 0.497 e. The van der Waals surface area contributed by atoms with Crippen LogP contribution < -0.4 is 14.2 Å². The lowest BCUT2D eigenvalue weighted by molar-refractivity contribution is 0.216. The Hall–Kier alpha value is -2.95. The SMILES string of the molecule is CC.CCC(C)Oc1ccc(OCc2ccno2)cc1.COc1ccccc1. The average Bonchev–Trinajstić information content (AvgIpc) is 3.29. The Balaban J connectivity index is 0.000000327. The molecule has 0 N–H and O–H groups in total. The third kappa shape index (κ3) is 9.12. The molecular formula is C23H31NO4. The third-order valence-electron chi connectivity index (χ3n) is 3.59. The van der Waals surface area contributed by atoms with E-state index in [1.807, 2.05) is 75.4 Å². The Labute approximate surface area is 168 Å². The number of methoxy groups -OCH3 is 1. The second kappa shape index (κ2) is 14.2. The van der Waals surface area contributed by atoms with Crippen molar-refractivity contribution in [1.82, 2.24) is 5.16 Å². The number of rotatable bonds is 7. The summed E-state index contributed by atoms with van der Waals surface area (Å²) in [6.07, 6.45) is 2.82. The summed E-state index contributed by atoms with van der Waals surface area (Å²) in [4.78, 5) is 0. The Bertz CT molecular complexity index is 712. The predicted molar refractivity (Wildman–Crippen MR) is 112 cm³/mol. The first-order valence-corrected chi connectivity index (χ1v) is 9.59. The van der Waals surface area contributed by atoms with Gasteiger partial charge in [-0.15, -0.1) is 0 Å². The van der Waals surface area contributed by atoms with Crippen LogP contribution >= 0.6 is 0 Å². The molecule has 3 rings (SSSR count). The maximum Gasteiger partial charge on any atom is 0.174 e. The zero-order valence-electron chi connectivity index (χ0n) is 17.4. The quantitative estimate of drug-likeness (QED) is 0.488. The zero-order chi connectivity index (χ0) is 20.6. The molecule has 0 fully saturated rings. The summed E-state index contributed by atoms with van der Waals surface area (Å²) in [5, 5.41) is 3.62. The number of para-hydroxylation sites is 1. The van der Waals surface area contributed by atoms with E-state index >= 15 is 0 Å². The van der Waals surface area contributed by atoms with Gasteiger partial charge in [0.05, 0.1) is 19.4 Å². The van der Waals surface area contributed by atoms with Gasteiger partial charge in [-0.3, -0.25) is 0 Å². The van der Waals surface area contributed by atoms with Crippen LogP contribution in [0.2, 0.25) is 0 Å². The summed E-state index contributed by atoms with van der Waals surface area (Å²) >= 11 is 0. The maximum absolute atomic E-state index is 5.68. The first kappa shape index (κ1) is 23.1. The Morgan fingerprint density at radius 2 is 1.54 bits per heavy atom. The van der Waals surface area contributed by atoms with Crippen molar-refractivity contribution in [2.24, 2.45) is 0 Å². The van der Waals surface area contributed by atoms with Gasteiger partial charge in [0.15, 0.2) is 5.76 Å². The number of hydrogen-bond acceptors (Lipinski definition) is 5. The standard InChI is InChI=1S/C14H17NO3.C7H8O.C2H6/c1-3-11(2)17-13-6-4-12(5-7-13)16-10-14-8-9-15-18-14;1-8-7-5-3-2-4-6-7;1-2/h4-9,11H,3,10H2,1-2H3;2-6H,1H3;1-2H3. The van der Waals surface area contributed by atoms with E-state index in [-0.39, 0.29) is 6.10 Å². The number of nitrogens with zero attached hydrogens (tertiary/aromatic N) is 1. The fourth-order valence-corrected chi connectivity index (χ4v) is 1.96. The van der Waals surface area contributed by atoms with Crippen LogP contribution in [0.5, 0.6) is 17.2 Å². The number of aromatic nitrogens is 1. The number of hydrogen-bond donors (Lipinski definition) is 0. The Morgan fingerprint density at radius 3 is 2.04 bits per heavy atom. The number of ether oxygens (including phenoxy) is 3. The predicted octanol–water partition coefficient (Wildman–Crippen LogP) is 6.15. The molecule has 28 heavy (non-hydrogen) atoms. The lowest BCUT2D eigenvalue weighted by Crippen LogP contribution is -2.09. The molecular weight excluding hydrogens is 354 g/mol. The van der Waals surface area contributed by atoms with E-state index < -0.39 is 0 Å². The van der Waals surface area contributed by atoms with Gasteiger partial charge in [-0.2, -0.15) is 0 Å². The molecule has 3 aromatic rings. The van der Waals surface area contributed by atoms with E-state index in [0.29, 0.717) is 12.4 Å². The lowest BCUT2D eigenvalue weighted by Gasteiger charge is -2.12. The highest BCUT2D eigenvalue weighted by Gasteiger charge is 2.02. The minimum atomic E-state index is 0.228. The molecule has 2 aromatic carbocycles. The van der Waals surface area contributed by atoms with Gasteiger partial charge in [0.1, 0.15) is 23.9 Å². The topological polar surface area (TPSA) is 53.7 Å². The summed E-state index contributed by atoms with van der Waals surface area (Å²) in [5.74, 6) is 3.25. The van der Waals surface area contributed by atoms with Gasteiger partial charge in [-0.05, 0) is 49.7 Å². The van der Waals surface area contributed by atoms with Gasteiger partial charge in [0.25, 0.3) is 0 Å². The van der Waals surface area contributed by atoms with Gasteiger partial charge in [-0.1, -0.05) is 44.1 Å². The molecule has 5 heteroatoms. The van der Waals surface area contributed by atoms with Crippen molar-refractivity contribution in [3.8, 4) is 17.2 Å². The van der Waals surface area contributed by atoms with Crippen LogP contribution in [0.3, 0.4) is 0 Å². The van der Waals surface area contributed by atoms with Crippen molar-refractivity contribution in [3.63, 3.8) is 0 Å². The van der Waals surface area contributed by atoms with Crippen LogP contribution in [0.1, 0.15) is 39.9 Å². The third-order valence-corrected chi connectivity index (χ3v) is 3.59. The summed E-state index contributed by atoms with van der Waals surface area (Å²) in [5.41, 5.74) is 0. The van der Waals surface area contributed by atoms with Crippen molar-refractivity contribution in [3.05, 3.63) is 72.6 Å². The van der Waals surface area contributed by atoms with Gasteiger partial charge in [0, 0.05) is 6.07 Å². The fourth-order valence-electron chi connectivity index (χ4n) is 1.96. The molecule has 5 nitrogen and oxygen atoms in total. The molecule has 152 valence electrons. The van der Waals surface area contributed by atoms with Crippen LogP contribution in [0.4, 0.5) is 0 Å². The summed E-state index contributed by atoms with van der Waals surface area (Å²) < 4.78 is 21.1. The highest BCUT2D eigenvalue weighted by molar-refractivity contribution is 5.31. The van der Waals surface area contributed by atoms with Crippen LogP contribution in [0, 0.1) is 0 Å². The van der Waals surface area contributed by atoms with Crippen LogP contribution in [0.15, 0.2) is 71.4 Å². The van der Waals surface area contributed by atoms with Gasteiger partial charge in [-0.25, -0.2) is 0 Å². The zero-order valence-corrected chi connectivity index (χ0v) is 17.4. The van der Waals surface area contributed by atoms with Crippen molar-refractivity contribution in [1.29, 1.82) is 0 Å². The van der Waals surface area contributed by atoms with Crippen molar-refractivity contribution in [2.45, 2.75) is 46.8 Å². The molecule has 0 aliphatic carbocycles. The number of benzene rings is 2. The molecule has 0 saturated carbocycles. The minimum absolute atomic E-state index is 0.228. The van der Waals surface area contributed by atoms with E-state index in [9.17, 15) is 0 Å². The highest BCUT2D eigenvalue weighted by atomic mass is 16.5. The first-order chi connectivity index (χ1) is 13.7. The molecule has 0 saturated heterocycles. The molecule has 0 aliphatic rings. The molecule has 1 heterocycles. The Kier molecular flexibility index (Phi) is 11.7. The highest BCUT2D eigenvalue weighted by Crippen LogP contribution is 2.20. The summed E-state index contributed by atoms with van der Waals surface area (Å²) in [7, 11) is 1.66. The van der Waals surface area contributed by atoms with Crippen molar-refractivity contribution < 1.29 is 18.7 Å². The second-order valence-electron chi connectivity index (χ2n) is 5.59. The van der Waals surface area contributed by atoms with Crippen molar-refractivity contribution >= 4 is 0 Å². The molecule has 1 aromatic heterocycles.